The van der Waals surface area contributed by atoms with Crippen LogP contribution in [-0.4, -0.2) is 30.1 Å². The molecule has 0 spiro atoms. The van der Waals surface area contributed by atoms with Crippen LogP contribution >= 0.6 is 0 Å². The lowest BCUT2D eigenvalue weighted by molar-refractivity contribution is -0.941. The zero-order chi connectivity index (χ0) is 35.2. The minimum absolute atomic E-state index is 0.972. The molecule has 0 bridgehead atoms. The third-order valence-corrected chi connectivity index (χ3v) is 10.3. The van der Waals surface area contributed by atoms with Crippen molar-refractivity contribution in [3.05, 3.63) is 35.9 Å². The summed E-state index contributed by atoms with van der Waals surface area (Å²) >= 11 is 0. The number of hydrogen-bond donors (Lipinski definition) is 0. The molecule has 0 atom stereocenters. The van der Waals surface area contributed by atoms with E-state index in [0.717, 1.165) is 6.92 Å². The van der Waals surface area contributed by atoms with Crippen LogP contribution in [0, 0.1) is 0 Å². The van der Waals surface area contributed by atoms with Gasteiger partial charge in [-0.2, -0.15) is 0 Å². The molecule has 0 saturated carbocycles. The van der Waals surface area contributed by atoms with E-state index in [4.69, 9.17) is 9.90 Å². The fraction of sp³-hybridized carbons (Fsp3) is 0.844. The molecule has 0 heterocycles. The quantitative estimate of drug-likeness (QED) is 0.0532. The van der Waals surface area contributed by atoms with Crippen molar-refractivity contribution in [2.75, 3.05) is 19.6 Å². The van der Waals surface area contributed by atoms with E-state index in [0.29, 0.717) is 0 Å². The molecule has 1 rings (SSSR count). The van der Waals surface area contributed by atoms with Gasteiger partial charge in [0.25, 0.3) is 0 Å². The van der Waals surface area contributed by atoms with Gasteiger partial charge in [0.15, 0.2) is 0 Å². The first-order chi connectivity index (χ1) is 23.5. The molecule has 3 nitrogen and oxygen atoms in total. The monoisotopic (exact) mass is 672 g/mol. The van der Waals surface area contributed by atoms with Crippen molar-refractivity contribution >= 4 is 5.97 Å². The normalized spacial score (nSPS) is 11.4. The van der Waals surface area contributed by atoms with Gasteiger partial charge >= 0.3 is 0 Å². The summed E-state index contributed by atoms with van der Waals surface area (Å²) in [6, 6.07) is 11.5. The van der Waals surface area contributed by atoms with Crippen LogP contribution in [0.4, 0.5) is 0 Å². The third-order valence-electron chi connectivity index (χ3n) is 10.3. The number of rotatable bonds is 35. The number of nitrogens with zero attached hydrogens (tertiary/aromatic N) is 1. The van der Waals surface area contributed by atoms with Crippen molar-refractivity contribution in [2.24, 2.45) is 0 Å². The van der Waals surface area contributed by atoms with Crippen LogP contribution in [0.3, 0.4) is 0 Å². The van der Waals surface area contributed by atoms with Crippen LogP contribution in [0.2, 0.25) is 0 Å². The van der Waals surface area contributed by atoms with Gasteiger partial charge in [0, 0.05) is 11.5 Å². The number of carbonyl (C=O) groups is 1. The highest BCUT2D eigenvalue weighted by atomic mass is 16.4. The Morgan fingerprint density at radius 2 is 0.667 bits per heavy atom. The predicted octanol–water partition coefficient (Wildman–Crippen LogP) is 13.5. The van der Waals surface area contributed by atoms with Crippen molar-refractivity contribution in [1.29, 1.82) is 0 Å². The second-order valence-corrected chi connectivity index (χ2v) is 15.2. The zero-order valence-electron chi connectivity index (χ0n) is 33.2. The van der Waals surface area contributed by atoms with Crippen LogP contribution in [0.25, 0.3) is 0 Å². The van der Waals surface area contributed by atoms with E-state index in [9.17, 15) is 0 Å². The minimum atomic E-state index is -1.08. The molecule has 1 aromatic rings. The Morgan fingerprint density at radius 1 is 0.438 bits per heavy atom. The average Bonchev–Trinajstić information content (AvgIpc) is 3.07. The number of hydrogen-bond acceptors (Lipinski definition) is 2. The van der Waals surface area contributed by atoms with Crippen LogP contribution in [0.15, 0.2) is 30.3 Å². The summed E-state index contributed by atoms with van der Waals surface area (Å²) in [5.41, 5.74) is 1.57. The Balaban J connectivity index is 0.00000520. The molecule has 0 saturated heterocycles. The molecular weight excluding hydrogens is 587 g/mol. The Bertz CT molecular complexity index is 700. The van der Waals surface area contributed by atoms with Crippen LogP contribution in [-0.2, 0) is 11.3 Å². The Hall–Kier alpha value is -1.35. The minimum Gasteiger partial charge on any atom is -0.550 e. The van der Waals surface area contributed by atoms with Gasteiger partial charge in [0.2, 0.25) is 0 Å². The number of carboxylic acid groups (broad SMARTS) is 1. The summed E-state index contributed by atoms with van der Waals surface area (Å²) < 4.78 is 1.36. The number of unbranched alkanes of at least 4 members (excludes halogenated alkanes) is 27. The molecule has 0 aliphatic carbocycles. The second kappa shape index (κ2) is 36.9. The van der Waals surface area contributed by atoms with Crippen LogP contribution in [0.1, 0.15) is 226 Å². The third kappa shape index (κ3) is 33.2. The summed E-state index contributed by atoms with van der Waals surface area (Å²) in [4.78, 5) is 8.89. The highest BCUT2D eigenvalue weighted by Crippen LogP contribution is 2.23. The first-order valence-electron chi connectivity index (χ1n) is 21.6. The van der Waals surface area contributed by atoms with Crippen molar-refractivity contribution in [2.45, 2.75) is 227 Å². The molecule has 0 amide bonds. The molecular formula is C45H85NO2. The van der Waals surface area contributed by atoms with Crippen LogP contribution in [0.5, 0.6) is 0 Å². The Labute approximate surface area is 302 Å². The smallest absolute Gasteiger partial charge is 0.104 e. The largest absolute Gasteiger partial charge is 0.550 e. The topological polar surface area (TPSA) is 40.1 Å². The molecule has 3 heteroatoms. The van der Waals surface area contributed by atoms with Gasteiger partial charge in [-0.1, -0.05) is 205 Å². The maximum Gasteiger partial charge on any atom is 0.104 e. The Morgan fingerprint density at radius 3 is 0.917 bits per heavy atom. The SMILES string of the molecule is CC(=O)[O-].CCCCCCCCCCCC[N+](CCCCCCCCCCCC)(CCCCCCCCCCCC)Cc1ccccc1. The van der Waals surface area contributed by atoms with Crippen molar-refractivity contribution in [1.82, 2.24) is 0 Å². The molecule has 1 aromatic carbocycles. The van der Waals surface area contributed by atoms with Gasteiger partial charge in [-0.3, -0.25) is 0 Å². The highest BCUT2D eigenvalue weighted by molar-refractivity contribution is 5.60. The zero-order valence-corrected chi connectivity index (χ0v) is 33.2. The van der Waals surface area contributed by atoms with Gasteiger partial charge in [0.1, 0.15) is 6.54 Å². The summed E-state index contributed by atoms with van der Waals surface area (Å²) in [6.07, 6.45) is 43.3. The fourth-order valence-corrected chi connectivity index (χ4v) is 7.35. The number of aliphatic carboxylic acids is 1. The lowest BCUT2D eigenvalue weighted by Gasteiger charge is -2.39. The molecule has 0 radical (unpaired) electrons. The van der Waals surface area contributed by atoms with E-state index in [-0.39, 0.29) is 0 Å². The fourth-order valence-electron chi connectivity index (χ4n) is 7.35. The molecule has 0 N–H and O–H groups in total. The molecule has 0 aliphatic heterocycles. The van der Waals surface area contributed by atoms with E-state index >= 15 is 0 Å². The summed E-state index contributed by atoms with van der Waals surface area (Å²) in [6.45, 7) is 13.4. The van der Waals surface area contributed by atoms with Crippen LogP contribution < -0.4 is 5.11 Å². The maximum absolute atomic E-state index is 8.89. The molecule has 0 aliphatic rings. The van der Waals surface area contributed by atoms with E-state index in [1.165, 1.54) is 223 Å². The maximum atomic E-state index is 8.89. The standard InChI is InChI=1S/C43H82N.C2H4O2/c1-4-7-10-13-16-19-22-25-28-34-39-44(42-43-37-32-31-33-38-43,40-35-29-26-23-20-17-14-11-8-5-2)41-36-30-27-24-21-18-15-12-9-6-3;1-2(3)4/h31-33,37-38H,4-30,34-36,39-42H2,1-3H3;1H3,(H,3,4)/q+1;/p-1. The van der Waals surface area contributed by atoms with Crippen molar-refractivity contribution in [3.63, 3.8) is 0 Å². The lowest BCUT2D eigenvalue weighted by atomic mass is 10.0. The number of quaternary nitrogens is 1. The van der Waals surface area contributed by atoms with Gasteiger partial charge < -0.3 is 14.4 Å². The highest BCUT2D eigenvalue weighted by Gasteiger charge is 2.26. The Kier molecular flexibility index (Phi) is 35.9. The summed E-state index contributed by atoms with van der Waals surface area (Å²) in [5, 5.41) is 8.89. The molecule has 0 aromatic heterocycles. The van der Waals surface area contributed by atoms with E-state index in [1.54, 1.807) is 5.56 Å². The number of carboxylic acids is 1. The van der Waals surface area contributed by atoms with Gasteiger partial charge in [-0.05, 0) is 45.4 Å². The molecule has 0 fully saturated rings. The van der Waals surface area contributed by atoms with E-state index < -0.39 is 5.97 Å². The van der Waals surface area contributed by atoms with E-state index in [2.05, 4.69) is 51.1 Å². The molecule has 282 valence electrons. The summed E-state index contributed by atoms with van der Waals surface area (Å²) in [7, 11) is 0. The van der Waals surface area contributed by atoms with Gasteiger partial charge in [-0.15, -0.1) is 0 Å². The predicted molar refractivity (Wildman–Crippen MR) is 211 cm³/mol. The van der Waals surface area contributed by atoms with Crippen molar-refractivity contribution < 1.29 is 14.4 Å². The molecule has 0 unspecified atom stereocenters. The average molecular weight is 672 g/mol. The van der Waals surface area contributed by atoms with E-state index in [1.807, 2.05) is 0 Å². The molecule has 48 heavy (non-hydrogen) atoms. The van der Waals surface area contributed by atoms with Crippen molar-refractivity contribution in [3.8, 4) is 0 Å². The number of carbonyl (C=O) groups excluding carboxylic acids is 1. The lowest BCUT2D eigenvalue weighted by Crippen LogP contribution is -2.49. The number of benzene rings is 1. The second-order valence-electron chi connectivity index (χ2n) is 15.2. The van der Waals surface area contributed by atoms with Gasteiger partial charge in [-0.25, -0.2) is 0 Å². The first kappa shape index (κ1) is 46.6. The van der Waals surface area contributed by atoms with Gasteiger partial charge in [0.05, 0.1) is 19.6 Å². The first-order valence-corrected chi connectivity index (χ1v) is 21.6. The summed E-state index contributed by atoms with van der Waals surface area (Å²) in [5.74, 6) is -1.08.